The molecule has 0 unspecified atom stereocenters. The number of hydrogen-bond donors (Lipinski definition) is 0. The van der Waals surface area contributed by atoms with E-state index >= 15 is 0 Å². The molecule has 3 nitrogen and oxygen atoms in total. The zero-order chi connectivity index (χ0) is 15.9. The van der Waals surface area contributed by atoms with Crippen LogP contribution in [0.2, 0.25) is 0 Å². The average Bonchev–Trinajstić information content (AvgIpc) is 2.54. The van der Waals surface area contributed by atoms with E-state index in [9.17, 15) is 4.79 Å². The minimum Gasteiger partial charge on any atom is -0.493 e. The monoisotopic (exact) mass is 408 g/mol. The summed E-state index contributed by atoms with van der Waals surface area (Å²) in [6.45, 7) is 4.19. The molecule has 0 atom stereocenters. The zero-order valence-corrected chi connectivity index (χ0v) is 14.5. The van der Waals surface area contributed by atoms with Gasteiger partial charge < -0.3 is 9.47 Å². The van der Waals surface area contributed by atoms with Gasteiger partial charge in [0.15, 0.2) is 11.5 Å². The highest BCUT2D eigenvalue weighted by atomic mass is 127. The van der Waals surface area contributed by atoms with E-state index in [-0.39, 0.29) is 0 Å². The number of rotatable bonds is 7. The van der Waals surface area contributed by atoms with E-state index in [2.05, 4.69) is 29.2 Å². The molecule has 114 valence electrons. The van der Waals surface area contributed by atoms with Crippen molar-refractivity contribution in [3.05, 3.63) is 69.3 Å². The maximum Gasteiger partial charge on any atom is 0.165 e. The van der Waals surface area contributed by atoms with Gasteiger partial charge in [-0.1, -0.05) is 18.2 Å². The summed E-state index contributed by atoms with van der Waals surface area (Å²) in [5.41, 5.74) is 2.53. The largest absolute Gasteiger partial charge is 0.493 e. The number of benzene rings is 2. The van der Waals surface area contributed by atoms with Crippen molar-refractivity contribution >= 4 is 28.9 Å². The maximum absolute atomic E-state index is 11.0. The van der Waals surface area contributed by atoms with Gasteiger partial charge in [-0.25, -0.2) is 0 Å². The van der Waals surface area contributed by atoms with Crippen molar-refractivity contribution < 1.29 is 14.3 Å². The van der Waals surface area contributed by atoms with Gasteiger partial charge in [-0.2, -0.15) is 0 Å². The molecule has 0 amide bonds. The molecule has 0 N–H and O–H groups in total. The molecule has 2 aromatic rings. The third kappa shape index (κ3) is 4.10. The molecule has 4 heteroatoms. The van der Waals surface area contributed by atoms with Crippen molar-refractivity contribution in [1.82, 2.24) is 0 Å². The van der Waals surface area contributed by atoms with Crippen LogP contribution in [0.3, 0.4) is 0 Å². The van der Waals surface area contributed by atoms with Crippen molar-refractivity contribution in [3.63, 3.8) is 0 Å². The van der Waals surface area contributed by atoms with Crippen molar-refractivity contribution in [2.75, 3.05) is 7.11 Å². The topological polar surface area (TPSA) is 35.5 Å². The lowest BCUT2D eigenvalue weighted by Crippen LogP contribution is -2.02. The molecule has 0 saturated heterocycles. The van der Waals surface area contributed by atoms with Gasteiger partial charge in [-0.15, -0.1) is 6.58 Å². The quantitative estimate of drug-likeness (QED) is 0.387. The van der Waals surface area contributed by atoms with E-state index in [1.54, 1.807) is 25.3 Å². The minimum absolute atomic E-state index is 0.442. The Hall–Kier alpha value is -1.82. The lowest BCUT2D eigenvalue weighted by molar-refractivity contribution is 0.112. The van der Waals surface area contributed by atoms with Gasteiger partial charge >= 0.3 is 0 Å². The first kappa shape index (κ1) is 16.5. The molecule has 0 aliphatic rings. The smallest absolute Gasteiger partial charge is 0.165 e. The SMILES string of the molecule is C=CCc1cc(C=O)cc(OC)c1OCc1ccc(I)cc1. The Kier molecular flexibility index (Phi) is 6.00. The molecule has 0 aliphatic carbocycles. The second kappa shape index (κ2) is 7.98. The summed E-state index contributed by atoms with van der Waals surface area (Å²) in [4.78, 5) is 11.0. The van der Waals surface area contributed by atoms with Crippen LogP contribution < -0.4 is 9.47 Å². The Morgan fingerprint density at radius 2 is 1.95 bits per heavy atom. The summed E-state index contributed by atoms with van der Waals surface area (Å²) in [5, 5.41) is 0. The minimum atomic E-state index is 0.442. The zero-order valence-electron chi connectivity index (χ0n) is 12.3. The van der Waals surface area contributed by atoms with Crippen LogP contribution in [0.5, 0.6) is 11.5 Å². The molecule has 0 aromatic heterocycles. The van der Waals surface area contributed by atoms with Crippen LogP contribution in [0, 0.1) is 3.57 Å². The van der Waals surface area contributed by atoms with E-state index in [0.717, 1.165) is 17.4 Å². The first-order valence-electron chi connectivity index (χ1n) is 6.82. The van der Waals surface area contributed by atoms with Crippen molar-refractivity contribution in [2.45, 2.75) is 13.0 Å². The van der Waals surface area contributed by atoms with Crippen molar-refractivity contribution in [2.24, 2.45) is 0 Å². The normalized spacial score (nSPS) is 10.1. The molecule has 0 saturated carbocycles. The Bertz CT molecular complexity index is 663. The van der Waals surface area contributed by atoms with E-state index in [1.807, 2.05) is 24.3 Å². The molecule has 0 spiro atoms. The molecule has 2 rings (SSSR count). The first-order valence-corrected chi connectivity index (χ1v) is 7.90. The molecule has 0 fully saturated rings. The van der Waals surface area contributed by atoms with Crippen LogP contribution in [-0.2, 0) is 13.0 Å². The highest BCUT2D eigenvalue weighted by Gasteiger charge is 2.12. The third-order valence-corrected chi connectivity index (χ3v) is 3.89. The standard InChI is InChI=1S/C18H17IO3/c1-3-4-15-9-14(11-20)10-17(21-2)18(15)22-12-13-5-7-16(19)8-6-13/h3,5-11H,1,4,12H2,2H3. The molecule has 0 bridgehead atoms. The van der Waals surface area contributed by atoms with Crippen molar-refractivity contribution in [3.8, 4) is 11.5 Å². The van der Waals surface area contributed by atoms with Crippen LogP contribution in [0.1, 0.15) is 21.5 Å². The molecule has 2 aromatic carbocycles. The van der Waals surface area contributed by atoms with Gasteiger partial charge in [-0.05, 0) is 58.8 Å². The molecule has 0 radical (unpaired) electrons. The van der Waals surface area contributed by atoms with Gasteiger partial charge in [0.05, 0.1) is 7.11 Å². The fraction of sp³-hybridized carbons (Fsp3) is 0.167. The number of methoxy groups -OCH3 is 1. The van der Waals surface area contributed by atoms with E-state index in [4.69, 9.17) is 9.47 Å². The fourth-order valence-corrected chi connectivity index (χ4v) is 2.47. The summed E-state index contributed by atoms with van der Waals surface area (Å²) in [6, 6.07) is 11.6. The number of aldehydes is 1. The van der Waals surface area contributed by atoms with Crippen LogP contribution in [0.25, 0.3) is 0 Å². The maximum atomic E-state index is 11.0. The molecular formula is C18H17IO3. The molecule has 0 heterocycles. The predicted molar refractivity (Wildman–Crippen MR) is 95.8 cm³/mol. The number of hydrogen-bond acceptors (Lipinski definition) is 3. The fourth-order valence-electron chi connectivity index (χ4n) is 2.11. The number of halogens is 1. The number of carbonyl (C=O) groups excluding carboxylic acids is 1. The summed E-state index contributed by atoms with van der Waals surface area (Å²) < 4.78 is 12.5. The second-order valence-corrected chi connectivity index (χ2v) is 5.98. The van der Waals surface area contributed by atoms with Crippen LogP contribution in [0.4, 0.5) is 0 Å². The molecular weight excluding hydrogens is 391 g/mol. The number of allylic oxidation sites excluding steroid dienone is 1. The van der Waals surface area contributed by atoms with Gasteiger partial charge in [0, 0.05) is 14.7 Å². The Morgan fingerprint density at radius 3 is 2.55 bits per heavy atom. The third-order valence-electron chi connectivity index (χ3n) is 3.17. The number of ether oxygens (including phenoxy) is 2. The molecule has 0 aliphatic heterocycles. The van der Waals surface area contributed by atoms with Crippen molar-refractivity contribution in [1.29, 1.82) is 0 Å². The van der Waals surface area contributed by atoms with Crippen LogP contribution in [-0.4, -0.2) is 13.4 Å². The van der Waals surface area contributed by atoms with Gasteiger partial charge in [-0.3, -0.25) is 4.79 Å². The second-order valence-electron chi connectivity index (χ2n) is 4.74. The Balaban J connectivity index is 2.29. The highest BCUT2D eigenvalue weighted by Crippen LogP contribution is 2.33. The lowest BCUT2D eigenvalue weighted by Gasteiger charge is -2.15. The van der Waals surface area contributed by atoms with E-state index in [1.165, 1.54) is 3.57 Å². The van der Waals surface area contributed by atoms with Gasteiger partial charge in [0.2, 0.25) is 0 Å². The summed E-state index contributed by atoms with van der Waals surface area (Å²) in [5.74, 6) is 1.22. The van der Waals surface area contributed by atoms with Crippen LogP contribution >= 0.6 is 22.6 Å². The average molecular weight is 408 g/mol. The molecule has 22 heavy (non-hydrogen) atoms. The van der Waals surface area contributed by atoms with Crippen LogP contribution in [0.15, 0.2) is 49.1 Å². The predicted octanol–water partition coefficient (Wildman–Crippen LogP) is 4.42. The Morgan fingerprint density at radius 1 is 1.23 bits per heavy atom. The summed E-state index contributed by atoms with van der Waals surface area (Å²) in [6.07, 6.45) is 3.19. The van der Waals surface area contributed by atoms with E-state index < -0.39 is 0 Å². The first-order chi connectivity index (χ1) is 10.7. The highest BCUT2D eigenvalue weighted by molar-refractivity contribution is 14.1. The lowest BCUT2D eigenvalue weighted by atomic mass is 10.1. The van der Waals surface area contributed by atoms with E-state index in [0.29, 0.717) is 30.1 Å². The van der Waals surface area contributed by atoms with Gasteiger partial charge in [0.1, 0.15) is 12.9 Å². The van der Waals surface area contributed by atoms with Gasteiger partial charge in [0.25, 0.3) is 0 Å². The number of carbonyl (C=O) groups is 1. The Labute approximate surface area is 144 Å². The summed E-state index contributed by atoms with van der Waals surface area (Å²) in [7, 11) is 1.57. The summed E-state index contributed by atoms with van der Waals surface area (Å²) >= 11 is 2.27.